The Morgan fingerprint density at radius 3 is 1.54 bits per heavy atom. The van der Waals surface area contributed by atoms with Crippen LogP contribution in [-0.2, 0) is 40.6 Å². The lowest BCUT2D eigenvalue weighted by Crippen LogP contribution is -2.53. The summed E-state index contributed by atoms with van der Waals surface area (Å²) in [5, 5.41) is 15.2. The van der Waals surface area contributed by atoms with E-state index in [4.69, 9.17) is 14.2 Å². The zero-order chi connectivity index (χ0) is 28.5. The second-order valence-electron chi connectivity index (χ2n) is 10.1. The highest BCUT2D eigenvalue weighted by Gasteiger charge is 2.36. The molecule has 0 radical (unpaired) electrons. The minimum atomic E-state index is -0.922. The van der Waals surface area contributed by atoms with Gasteiger partial charge in [-0.15, -0.1) is 6.58 Å². The molecule has 0 aliphatic rings. The standard InChI is InChI=1S/C36H41NO4/c1-2-15-33(37-24-29-16-7-3-8-17-29)35(40-26-31-20-11-5-12-21-31)36(41-27-32-22-13-6-14-23-32)34(38)28-39-25-30-18-9-4-10-19-30/h2-14,16-23,33-38H,1,15,24-28H2/t33-,34+,35-,36+/m1/s1. The molecule has 41 heavy (non-hydrogen) atoms. The van der Waals surface area contributed by atoms with Gasteiger partial charge in [0.05, 0.1) is 26.4 Å². The molecular weight excluding hydrogens is 510 g/mol. The third-order valence-electron chi connectivity index (χ3n) is 6.90. The minimum absolute atomic E-state index is 0.110. The average Bonchev–Trinajstić information content (AvgIpc) is 3.03. The summed E-state index contributed by atoms with van der Waals surface area (Å²) in [6.45, 7) is 5.90. The van der Waals surface area contributed by atoms with Crippen LogP contribution >= 0.6 is 0 Å². The van der Waals surface area contributed by atoms with Crippen LogP contribution in [0.2, 0.25) is 0 Å². The topological polar surface area (TPSA) is 60.0 Å². The first-order valence-corrected chi connectivity index (χ1v) is 14.2. The van der Waals surface area contributed by atoms with Crippen LogP contribution in [0.3, 0.4) is 0 Å². The van der Waals surface area contributed by atoms with Crippen molar-refractivity contribution in [3.63, 3.8) is 0 Å². The molecule has 0 saturated carbocycles. The minimum Gasteiger partial charge on any atom is -0.388 e. The molecule has 4 atom stereocenters. The molecule has 2 N–H and O–H groups in total. The number of nitrogens with one attached hydrogen (secondary N) is 1. The maximum Gasteiger partial charge on any atom is 0.114 e. The van der Waals surface area contributed by atoms with Gasteiger partial charge in [-0.25, -0.2) is 0 Å². The van der Waals surface area contributed by atoms with Crippen molar-refractivity contribution < 1.29 is 19.3 Å². The van der Waals surface area contributed by atoms with Crippen LogP contribution in [0.5, 0.6) is 0 Å². The number of aliphatic hydroxyl groups is 1. The molecule has 5 heteroatoms. The van der Waals surface area contributed by atoms with Crippen molar-refractivity contribution in [2.45, 2.75) is 57.1 Å². The van der Waals surface area contributed by atoms with Crippen LogP contribution < -0.4 is 5.32 Å². The van der Waals surface area contributed by atoms with E-state index in [1.165, 1.54) is 0 Å². The molecule has 4 rings (SSSR count). The monoisotopic (exact) mass is 551 g/mol. The van der Waals surface area contributed by atoms with Gasteiger partial charge in [0.2, 0.25) is 0 Å². The average molecular weight is 552 g/mol. The summed E-state index contributed by atoms with van der Waals surface area (Å²) in [5.74, 6) is 0. The fourth-order valence-corrected chi connectivity index (χ4v) is 4.72. The fourth-order valence-electron chi connectivity index (χ4n) is 4.72. The van der Waals surface area contributed by atoms with E-state index < -0.39 is 18.3 Å². The smallest absolute Gasteiger partial charge is 0.114 e. The van der Waals surface area contributed by atoms with E-state index in [1.807, 2.05) is 115 Å². The highest BCUT2D eigenvalue weighted by molar-refractivity contribution is 5.16. The molecule has 214 valence electrons. The summed E-state index contributed by atoms with van der Waals surface area (Å²) in [7, 11) is 0. The van der Waals surface area contributed by atoms with Crippen molar-refractivity contribution in [2.24, 2.45) is 0 Å². The second kappa shape index (κ2) is 17.3. The van der Waals surface area contributed by atoms with Gasteiger partial charge in [0.1, 0.15) is 18.3 Å². The van der Waals surface area contributed by atoms with Crippen molar-refractivity contribution in [1.82, 2.24) is 5.32 Å². The van der Waals surface area contributed by atoms with Crippen LogP contribution in [0.25, 0.3) is 0 Å². The van der Waals surface area contributed by atoms with Crippen LogP contribution in [0.15, 0.2) is 134 Å². The molecule has 0 unspecified atom stereocenters. The molecule has 0 heterocycles. The Hall–Kier alpha value is -3.58. The molecule has 5 nitrogen and oxygen atoms in total. The van der Waals surface area contributed by atoms with Gasteiger partial charge in [-0.3, -0.25) is 0 Å². The molecule has 0 spiro atoms. The maximum atomic E-state index is 11.6. The zero-order valence-corrected chi connectivity index (χ0v) is 23.6. The third-order valence-corrected chi connectivity index (χ3v) is 6.90. The zero-order valence-electron chi connectivity index (χ0n) is 23.6. The summed E-state index contributed by atoms with van der Waals surface area (Å²) >= 11 is 0. The van der Waals surface area contributed by atoms with Crippen LogP contribution in [-0.4, -0.2) is 36.1 Å². The molecule has 0 aliphatic carbocycles. The number of hydrogen-bond acceptors (Lipinski definition) is 5. The number of hydrogen-bond donors (Lipinski definition) is 2. The Balaban J connectivity index is 1.56. The summed E-state index contributed by atoms with van der Waals surface area (Å²) in [6, 6.07) is 40.1. The van der Waals surface area contributed by atoms with Crippen LogP contribution in [0, 0.1) is 0 Å². The first kappa shape index (κ1) is 30.4. The van der Waals surface area contributed by atoms with Crippen molar-refractivity contribution in [3.8, 4) is 0 Å². The maximum absolute atomic E-state index is 11.6. The van der Waals surface area contributed by atoms with Gasteiger partial charge in [0.15, 0.2) is 0 Å². The molecular formula is C36H41NO4. The first-order chi connectivity index (χ1) is 20.2. The predicted octanol–water partition coefficient (Wildman–Crippen LogP) is 6.47. The van der Waals surface area contributed by atoms with Gasteiger partial charge < -0.3 is 24.6 Å². The van der Waals surface area contributed by atoms with E-state index in [0.717, 1.165) is 22.3 Å². The lowest BCUT2D eigenvalue weighted by molar-refractivity contribution is -0.156. The second-order valence-corrected chi connectivity index (χ2v) is 10.1. The van der Waals surface area contributed by atoms with E-state index in [1.54, 1.807) is 0 Å². The highest BCUT2D eigenvalue weighted by Crippen LogP contribution is 2.21. The number of ether oxygens (including phenoxy) is 3. The SMILES string of the molecule is C=CC[C@@H](NCc1ccccc1)[C@@H](OCc1ccccc1)[C@@H](OCc1ccccc1)[C@@H](O)COCc1ccccc1. The molecule has 0 amide bonds. The van der Waals surface area contributed by atoms with Gasteiger partial charge in [0, 0.05) is 12.6 Å². The number of rotatable bonds is 18. The molecule has 0 aliphatic heterocycles. The third kappa shape index (κ3) is 10.4. The van der Waals surface area contributed by atoms with Crippen molar-refractivity contribution >= 4 is 0 Å². The normalized spacial score (nSPS) is 14.2. The van der Waals surface area contributed by atoms with E-state index >= 15 is 0 Å². The van der Waals surface area contributed by atoms with Crippen molar-refractivity contribution in [3.05, 3.63) is 156 Å². The van der Waals surface area contributed by atoms with E-state index in [0.29, 0.717) is 32.8 Å². The predicted molar refractivity (Wildman–Crippen MR) is 164 cm³/mol. The lowest BCUT2D eigenvalue weighted by atomic mass is 9.97. The molecule has 0 aromatic heterocycles. The van der Waals surface area contributed by atoms with E-state index in [9.17, 15) is 5.11 Å². The molecule has 4 aromatic carbocycles. The Bertz CT molecular complexity index is 1240. The first-order valence-electron chi connectivity index (χ1n) is 14.2. The van der Waals surface area contributed by atoms with Gasteiger partial charge in [0.25, 0.3) is 0 Å². The van der Waals surface area contributed by atoms with Gasteiger partial charge >= 0.3 is 0 Å². The molecule has 4 aromatic rings. The molecule has 0 bridgehead atoms. The Kier molecular flexibility index (Phi) is 12.8. The molecule has 0 saturated heterocycles. The van der Waals surface area contributed by atoms with Gasteiger partial charge in [-0.1, -0.05) is 127 Å². The Morgan fingerprint density at radius 1 is 0.610 bits per heavy atom. The van der Waals surface area contributed by atoms with E-state index in [-0.39, 0.29) is 12.6 Å². The van der Waals surface area contributed by atoms with Gasteiger partial charge in [-0.2, -0.15) is 0 Å². The Labute approximate surface area is 244 Å². The largest absolute Gasteiger partial charge is 0.388 e. The van der Waals surface area contributed by atoms with Crippen molar-refractivity contribution in [1.29, 1.82) is 0 Å². The van der Waals surface area contributed by atoms with Gasteiger partial charge in [-0.05, 0) is 28.7 Å². The molecule has 0 fully saturated rings. The number of benzene rings is 4. The Morgan fingerprint density at radius 2 is 1.05 bits per heavy atom. The summed E-state index contributed by atoms with van der Waals surface area (Å²) in [4.78, 5) is 0. The van der Waals surface area contributed by atoms with E-state index in [2.05, 4.69) is 24.0 Å². The summed E-state index contributed by atoms with van der Waals surface area (Å²) in [6.07, 6.45) is 0.441. The fraction of sp³-hybridized carbons (Fsp3) is 0.278. The quantitative estimate of drug-likeness (QED) is 0.139. The van der Waals surface area contributed by atoms with Crippen molar-refractivity contribution in [2.75, 3.05) is 6.61 Å². The lowest BCUT2D eigenvalue weighted by Gasteiger charge is -2.36. The van der Waals surface area contributed by atoms with Crippen LogP contribution in [0.4, 0.5) is 0 Å². The highest BCUT2D eigenvalue weighted by atomic mass is 16.6. The van der Waals surface area contributed by atoms with Crippen LogP contribution in [0.1, 0.15) is 28.7 Å². The summed E-state index contributed by atoms with van der Waals surface area (Å²) < 4.78 is 19.1. The summed E-state index contributed by atoms with van der Waals surface area (Å²) in [5.41, 5.74) is 4.29. The number of aliphatic hydroxyl groups excluding tert-OH is 1.